The minimum Gasteiger partial charge on any atom is -0.293 e. The number of thioether (sulfide) groups is 1. The maximum Gasteiger partial charge on any atom is 0.210 e. The third kappa shape index (κ3) is 2.84. The van der Waals surface area contributed by atoms with E-state index >= 15 is 0 Å². The molecular formula is C12H11Cl2N3S2. The van der Waals surface area contributed by atoms with Crippen LogP contribution in [0.5, 0.6) is 0 Å². The van der Waals surface area contributed by atoms with E-state index in [1.165, 1.54) is 11.5 Å². The van der Waals surface area contributed by atoms with E-state index in [9.17, 15) is 0 Å². The summed E-state index contributed by atoms with van der Waals surface area (Å²) in [6.07, 6.45) is 0. The van der Waals surface area contributed by atoms with E-state index in [4.69, 9.17) is 23.2 Å². The Morgan fingerprint density at radius 3 is 2.63 bits per heavy atom. The second kappa shape index (κ2) is 4.81. The highest BCUT2D eigenvalue weighted by molar-refractivity contribution is 8.00. The summed E-state index contributed by atoms with van der Waals surface area (Å²) in [6.45, 7) is 5.32. The molecule has 0 spiro atoms. The van der Waals surface area contributed by atoms with Crippen molar-refractivity contribution in [3.63, 3.8) is 0 Å². The van der Waals surface area contributed by atoms with Crippen molar-refractivity contribution in [3.05, 3.63) is 33.0 Å². The molecule has 0 radical (unpaired) electrons. The maximum absolute atomic E-state index is 5.99. The van der Waals surface area contributed by atoms with Gasteiger partial charge in [-0.2, -0.15) is 4.37 Å². The Balaban J connectivity index is 2.07. The molecule has 19 heavy (non-hydrogen) atoms. The van der Waals surface area contributed by atoms with Gasteiger partial charge in [-0.05, 0) is 32.0 Å². The summed E-state index contributed by atoms with van der Waals surface area (Å²) in [6, 6.07) is 5.30. The van der Waals surface area contributed by atoms with Gasteiger partial charge in [-0.1, -0.05) is 35.0 Å². The zero-order chi connectivity index (χ0) is 13.6. The van der Waals surface area contributed by atoms with Gasteiger partial charge in [0.1, 0.15) is 0 Å². The van der Waals surface area contributed by atoms with Crippen LogP contribution in [-0.2, 0) is 6.54 Å². The third-order valence-electron chi connectivity index (χ3n) is 2.65. The van der Waals surface area contributed by atoms with Gasteiger partial charge in [0.05, 0.1) is 5.69 Å². The Labute approximate surface area is 129 Å². The van der Waals surface area contributed by atoms with Crippen molar-refractivity contribution in [3.8, 4) is 0 Å². The lowest BCUT2D eigenvalue weighted by Gasteiger charge is -2.12. The number of fused-ring (bicyclic) bond motifs is 1. The molecule has 2 aromatic rings. The molecule has 3 nitrogen and oxygen atoms in total. The van der Waals surface area contributed by atoms with Crippen LogP contribution < -0.4 is 4.80 Å². The van der Waals surface area contributed by atoms with Crippen molar-refractivity contribution < 1.29 is 0 Å². The average Bonchev–Trinajstić information content (AvgIpc) is 2.74. The van der Waals surface area contributed by atoms with E-state index in [2.05, 4.69) is 27.8 Å². The van der Waals surface area contributed by atoms with Gasteiger partial charge < -0.3 is 0 Å². The summed E-state index contributed by atoms with van der Waals surface area (Å²) >= 11 is 15.2. The Morgan fingerprint density at radius 1 is 1.26 bits per heavy atom. The highest BCUT2D eigenvalue weighted by Crippen LogP contribution is 2.38. The minimum atomic E-state index is 0.173. The number of nitrogens with zero attached hydrogens (tertiary/aromatic N) is 3. The maximum atomic E-state index is 5.99. The van der Waals surface area contributed by atoms with Crippen LogP contribution in [0.25, 0.3) is 0 Å². The first-order valence-corrected chi connectivity index (χ1v) is 8.04. The summed E-state index contributed by atoms with van der Waals surface area (Å²) in [5.74, 6) is 0. The quantitative estimate of drug-likeness (QED) is 0.776. The summed E-state index contributed by atoms with van der Waals surface area (Å²) in [5.41, 5.74) is 0.756. The monoisotopic (exact) mass is 331 g/mol. The fraction of sp³-hybridized carbons (Fsp3) is 0.333. The fourth-order valence-electron chi connectivity index (χ4n) is 1.92. The third-order valence-corrected chi connectivity index (χ3v) is 5.11. The SMILES string of the molecule is CC1(C)Cn2c(nsc2=Nc2cc(Cl)cc(Cl)c2)S1. The molecule has 0 atom stereocenters. The summed E-state index contributed by atoms with van der Waals surface area (Å²) in [4.78, 5) is 5.48. The topological polar surface area (TPSA) is 30.2 Å². The molecule has 0 saturated heterocycles. The Kier molecular flexibility index (Phi) is 3.41. The fourth-order valence-corrected chi connectivity index (χ4v) is 4.36. The molecule has 3 rings (SSSR count). The molecule has 0 N–H and O–H groups in total. The standard InChI is InChI=1S/C12H11Cl2N3S2/c1-12(2)6-17-10(19-16-11(17)18-12)15-9-4-7(13)3-8(14)5-9/h3-5H,6H2,1-2H3. The van der Waals surface area contributed by atoms with Crippen LogP contribution >= 0.6 is 46.5 Å². The highest BCUT2D eigenvalue weighted by Gasteiger charge is 2.31. The number of halogens is 2. The van der Waals surface area contributed by atoms with Crippen LogP contribution in [0.1, 0.15) is 13.8 Å². The van der Waals surface area contributed by atoms with Crippen LogP contribution in [0.2, 0.25) is 10.0 Å². The molecule has 100 valence electrons. The molecular weight excluding hydrogens is 321 g/mol. The van der Waals surface area contributed by atoms with Gasteiger partial charge in [0.2, 0.25) is 4.80 Å². The van der Waals surface area contributed by atoms with Gasteiger partial charge in [-0.15, -0.1) is 0 Å². The predicted octanol–water partition coefficient (Wildman–Crippen LogP) is 4.37. The van der Waals surface area contributed by atoms with Gasteiger partial charge in [-0.3, -0.25) is 4.57 Å². The van der Waals surface area contributed by atoms with E-state index < -0.39 is 0 Å². The molecule has 0 amide bonds. The molecule has 1 aromatic carbocycles. The molecule has 0 aliphatic carbocycles. The molecule has 1 aliphatic rings. The Morgan fingerprint density at radius 2 is 1.95 bits per heavy atom. The number of hydrogen-bond acceptors (Lipinski definition) is 4. The van der Waals surface area contributed by atoms with E-state index in [0.717, 1.165) is 22.2 Å². The van der Waals surface area contributed by atoms with Crippen molar-refractivity contribution in [1.82, 2.24) is 8.94 Å². The van der Waals surface area contributed by atoms with E-state index in [0.29, 0.717) is 10.0 Å². The second-order valence-electron chi connectivity index (χ2n) is 4.94. The first-order valence-electron chi connectivity index (χ1n) is 5.69. The van der Waals surface area contributed by atoms with Gasteiger partial charge in [0.15, 0.2) is 5.16 Å². The van der Waals surface area contributed by atoms with Gasteiger partial charge in [-0.25, -0.2) is 4.99 Å². The minimum absolute atomic E-state index is 0.173. The summed E-state index contributed by atoms with van der Waals surface area (Å²) in [7, 11) is 0. The normalized spacial score (nSPS) is 17.8. The van der Waals surface area contributed by atoms with E-state index in [-0.39, 0.29) is 4.75 Å². The van der Waals surface area contributed by atoms with E-state index in [1.807, 2.05) is 0 Å². The smallest absolute Gasteiger partial charge is 0.210 e. The van der Waals surface area contributed by atoms with Crippen molar-refractivity contribution >= 4 is 52.2 Å². The van der Waals surface area contributed by atoms with Crippen molar-refractivity contribution in [2.24, 2.45) is 4.99 Å². The summed E-state index contributed by atoms with van der Waals surface area (Å²) < 4.78 is 6.76. The molecule has 2 heterocycles. The lowest BCUT2D eigenvalue weighted by Crippen LogP contribution is -2.21. The Bertz CT molecular complexity index is 683. The number of hydrogen-bond donors (Lipinski definition) is 0. The largest absolute Gasteiger partial charge is 0.293 e. The number of rotatable bonds is 1. The van der Waals surface area contributed by atoms with Crippen LogP contribution in [0.4, 0.5) is 5.69 Å². The van der Waals surface area contributed by atoms with E-state index in [1.54, 1.807) is 30.0 Å². The lowest BCUT2D eigenvalue weighted by atomic mass is 10.2. The molecule has 7 heteroatoms. The van der Waals surface area contributed by atoms with Gasteiger partial charge in [0.25, 0.3) is 0 Å². The predicted molar refractivity (Wildman–Crippen MR) is 81.7 cm³/mol. The number of benzene rings is 1. The second-order valence-corrected chi connectivity index (χ2v) is 8.21. The van der Waals surface area contributed by atoms with Gasteiger partial charge >= 0.3 is 0 Å². The molecule has 0 saturated carbocycles. The first kappa shape index (κ1) is 13.5. The van der Waals surface area contributed by atoms with Crippen LogP contribution in [0.15, 0.2) is 28.3 Å². The van der Waals surface area contributed by atoms with Crippen LogP contribution in [0.3, 0.4) is 0 Å². The highest BCUT2D eigenvalue weighted by atomic mass is 35.5. The average molecular weight is 332 g/mol. The van der Waals surface area contributed by atoms with Crippen LogP contribution in [0, 0.1) is 0 Å². The first-order chi connectivity index (χ1) is 8.93. The zero-order valence-corrected chi connectivity index (χ0v) is 13.5. The molecule has 0 bridgehead atoms. The number of aromatic nitrogens is 2. The van der Waals surface area contributed by atoms with Crippen molar-refractivity contribution in [1.29, 1.82) is 0 Å². The van der Waals surface area contributed by atoms with Gasteiger partial charge in [0, 0.05) is 32.9 Å². The molecule has 1 aliphatic heterocycles. The Hall–Kier alpha value is -0.490. The van der Waals surface area contributed by atoms with Crippen molar-refractivity contribution in [2.45, 2.75) is 30.3 Å². The lowest BCUT2D eigenvalue weighted by molar-refractivity contribution is 0.555. The van der Waals surface area contributed by atoms with Crippen LogP contribution in [-0.4, -0.2) is 13.7 Å². The summed E-state index contributed by atoms with van der Waals surface area (Å²) in [5, 5.41) is 2.21. The zero-order valence-electron chi connectivity index (χ0n) is 10.4. The molecule has 0 fully saturated rings. The van der Waals surface area contributed by atoms with Crippen molar-refractivity contribution in [2.75, 3.05) is 0 Å². The molecule has 0 unspecified atom stereocenters. The molecule has 1 aromatic heterocycles.